The Balaban J connectivity index is 2.53. The fraction of sp³-hybridized carbons (Fsp3) is 0.818. The van der Waals surface area contributed by atoms with Gasteiger partial charge < -0.3 is 14.7 Å². The summed E-state index contributed by atoms with van der Waals surface area (Å²) in [5, 5.41) is 8.92. The molecule has 0 aromatic rings. The number of hydrogen-bond acceptors (Lipinski definition) is 3. The monoisotopic (exact) mass is 229 g/mol. The van der Waals surface area contributed by atoms with Gasteiger partial charge in [0.15, 0.2) is 0 Å². The minimum Gasteiger partial charge on any atom is -0.481 e. The van der Waals surface area contributed by atoms with E-state index < -0.39 is 11.9 Å². The summed E-state index contributed by atoms with van der Waals surface area (Å²) in [4.78, 5) is 24.4. The third-order valence-electron chi connectivity index (χ3n) is 2.92. The van der Waals surface area contributed by atoms with Crippen molar-refractivity contribution in [1.82, 2.24) is 4.90 Å². The molecule has 1 aliphatic rings. The van der Waals surface area contributed by atoms with E-state index in [1.807, 2.05) is 0 Å². The predicted molar refractivity (Wildman–Crippen MR) is 58.0 cm³/mol. The van der Waals surface area contributed by atoms with Crippen LogP contribution >= 0.6 is 0 Å². The predicted octanol–water partition coefficient (Wildman–Crippen LogP) is 0.592. The Morgan fingerprint density at radius 1 is 1.56 bits per heavy atom. The molecular formula is C11H19NO4. The summed E-state index contributed by atoms with van der Waals surface area (Å²) in [5.41, 5.74) is 0. The van der Waals surface area contributed by atoms with E-state index in [0.717, 1.165) is 6.42 Å². The molecular weight excluding hydrogens is 210 g/mol. The van der Waals surface area contributed by atoms with Gasteiger partial charge in [-0.2, -0.15) is 0 Å². The van der Waals surface area contributed by atoms with E-state index in [0.29, 0.717) is 26.1 Å². The summed E-state index contributed by atoms with van der Waals surface area (Å²) in [5.74, 6) is -1.42. The van der Waals surface area contributed by atoms with Crippen molar-refractivity contribution in [3.8, 4) is 0 Å². The number of ether oxygens (including phenoxy) is 1. The highest BCUT2D eigenvalue weighted by Gasteiger charge is 2.29. The van der Waals surface area contributed by atoms with E-state index >= 15 is 0 Å². The molecule has 5 heteroatoms. The number of carbonyl (C=O) groups excluding carboxylic acids is 1. The molecule has 0 aromatic carbocycles. The molecule has 16 heavy (non-hydrogen) atoms. The lowest BCUT2D eigenvalue weighted by Gasteiger charge is -2.32. The van der Waals surface area contributed by atoms with Gasteiger partial charge in [-0.15, -0.1) is 0 Å². The zero-order valence-electron chi connectivity index (χ0n) is 9.81. The summed E-state index contributed by atoms with van der Waals surface area (Å²) >= 11 is 0. The first kappa shape index (κ1) is 13.0. The Morgan fingerprint density at radius 2 is 2.25 bits per heavy atom. The van der Waals surface area contributed by atoms with Crippen molar-refractivity contribution in [1.29, 1.82) is 0 Å². The molecule has 2 unspecified atom stereocenters. The summed E-state index contributed by atoms with van der Waals surface area (Å²) < 4.78 is 4.93. The molecule has 0 spiro atoms. The molecule has 2 atom stereocenters. The number of hydrogen-bond donors (Lipinski definition) is 1. The molecule has 5 nitrogen and oxygen atoms in total. The SMILES string of the molecule is COCC(C)C(=O)N1CCCC(C(=O)O)C1. The summed E-state index contributed by atoms with van der Waals surface area (Å²) in [6.45, 7) is 3.18. The fourth-order valence-corrected chi connectivity index (χ4v) is 2.01. The quantitative estimate of drug-likeness (QED) is 0.766. The minimum atomic E-state index is -0.808. The van der Waals surface area contributed by atoms with Crippen LogP contribution in [-0.2, 0) is 14.3 Å². The number of carbonyl (C=O) groups is 2. The van der Waals surface area contributed by atoms with E-state index in [1.54, 1.807) is 18.9 Å². The normalized spacial score (nSPS) is 22.9. The second kappa shape index (κ2) is 5.84. The number of likely N-dealkylation sites (tertiary alicyclic amines) is 1. The van der Waals surface area contributed by atoms with Crippen LogP contribution in [0.15, 0.2) is 0 Å². The van der Waals surface area contributed by atoms with Gasteiger partial charge in [-0.25, -0.2) is 0 Å². The smallest absolute Gasteiger partial charge is 0.308 e. The number of carboxylic acids is 1. The van der Waals surface area contributed by atoms with Crippen LogP contribution in [0.5, 0.6) is 0 Å². The van der Waals surface area contributed by atoms with E-state index in [4.69, 9.17) is 9.84 Å². The van der Waals surface area contributed by atoms with Gasteiger partial charge in [-0.3, -0.25) is 9.59 Å². The van der Waals surface area contributed by atoms with Crippen LogP contribution in [0, 0.1) is 11.8 Å². The van der Waals surface area contributed by atoms with Gasteiger partial charge in [-0.05, 0) is 12.8 Å². The standard InChI is InChI=1S/C11H19NO4/c1-8(7-16-2)10(13)12-5-3-4-9(6-12)11(14)15/h8-9H,3-7H2,1-2H3,(H,14,15). The third kappa shape index (κ3) is 3.20. The Kier molecular flexibility index (Phi) is 4.73. The zero-order chi connectivity index (χ0) is 12.1. The van der Waals surface area contributed by atoms with E-state index in [2.05, 4.69) is 0 Å². The molecule has 1 aliphatic heterocycles. The number of amides is 1. The number of methoxy groups -OCH3 is 1. The first-order valence-corrected chi connectivity index (χ1v) is 5.56. The van der Waals surface area contributed by atoms with Crippen LogP contribution in [0.1, 0.15) is 19.8 Å². The topological polar surface area (TPSA) is 66.8 Å². The molecule has 1 saturated heterocycles. The first-order valence-electron chi connectivity index (χ1n) is 5.56. The Hall–Kier alpha value is -1.10. The lowest BCUT2D eigenvalue weighted by Crippen LogP contribution is -2.45. The van der Waals surface area contributed by atoms with Crippen LogP contribution in [-0.4, -0.2) is 48.7 Å². The van der Waals surface area contributed by atoms with E-state index in [-0.39, 0.29) is 11.8 Å². The van der Waals surface area contributed by atoms with E-state index in [1.165, 1.54) is 0 Å². The van der Waals surface area contributed by atoms with Crippen molar-refractivity contribution in [3.05, 3.63) is 0 Å². The van der Waals surface area contributed by atoms with Crippen molar-refractivity contribution < 1.29 is 19.4 Å². The van der Waals surface area contributed by atoms with Crippen molar-refractivity contribution >= 4 is 11.9 Å². The van der Waals surface area contributed by atoms with Crippen molar-refractivity contribution in [2.24, 2.45) is 11.8 Å². The number of nitrogens with zero attached hydrogens (tertiary/aromatic N) is 1. The molecule has 0 radical (unpaired) electrons. The molecule has 1 N–H and O–H groups in total. The molecule has 1 rings (SSSR count). The largest absolute Gasteiger partial charge is 0.481 e. The lowest BCUT2D eigenvalue weighted by atomic mass is 9.97. The maximum Gasteiger partial charge on any atom is 0.308 e. The van der Waals surface area contributed by atoms with Crippen LogP contribution in [0.3, 0.4) is 0 Å². The van der Waals surface area contributed by atoms with Gasteiger partial charge >= 0.3 is 5.97 Å². The average molecular weight is 229 g/mol. The molecule has 1 amide bonds. The van der Waals surface area contributed by atoms with Gasteiger partial charge in [0.05, 0.1) is 18.4 Å². The highest BCUT2D eigenvalue weighted by molar-refractivity contribution is 5.80. The van der Waals surface area contributed by atoms with Gasteiger partial charge in [0.25, 0.3) is 0 Å². The highest BCUT2D eigenvalue weighted by atomic mass is 16.5. The highest BCUT2D eigenvalue weighted by Crippen LogP contribution is 2.18. The maximum atomic E-state index is 11.9. The average Bonchev–Trinajstić information content (AvgIpc) is 2.28. The first-order chi connectivity index (χ1) is 7.56. The van der Waals surface area contributed by atoms with Crippen molar-refractivity contribution in [3.63, 3.8) is 0 Å². The third-order valence-corrected chi connectivity index (χ3v) is 2.92. The van der Waals surface area contributed by atoms with Gasteiger partial charge in [-0.1, -0.05) is 6.92 Å². The molecule has 1 fully saturated rings. The number of aliphatic carboxylic acids is 1. The summed E-state index contributed by atoms with van der Waals surface area (Å²) in [6, 6.07) is 0. The molecule has 0 bridgehead atoms. The second-order valence-corrected chi connectivity index (χ2v) is 4.32. The minimum absolute atomic E-state index is 0.00667. The van der Waals surface area contributed by atoms with Crippen LogP contribution in [0.25, 0.3) is 0 Å². The molecule has 92 valence electrons. The second-order valence-electron chi connectivity index (χ2n) is 4.32. The number of carboxylic acid groups (broad SMARTS) is 1. The van der Waals surface area contributed by atoms with Crippen molar-refractivity contribution in [2.45, 2.75) is 19.8 Å². The molecule has 0 aromatic heterocycles. The van der Waals surface area contributed by atoms with Crippen LogP contribution < -0.4 is 0 Å². The van der Waals surface area contributed by atoms with Gasteiger partial charge in [0.1, 0.15) is 0 Å². The van der Waals surface area contributed by atoms with Crippen molar-refractivity contribution in [2.75, 3.05) is 26.8 Å². The fourth-order valence-electron chi connectivity index (χ4n) is 2.01. The Labute approximate surface area is 95.4 Å². The molecule has 0 aliphatic carbocycles. The lowest BCUT2D eigenvalue weighted by molar-refractivity contribution is -0.147. The number of rotatable bonds is 4. The van der Waals surface area contributed by atoms with E-state index in [9.17, 15) is 9.59 Å². The Morgan fingerprint density at radius 3 is 2.81 bits per heavy atom. The summed E-state index contributed by atoms with van der Waals surface area (Å²) in [7, 11) is 1.56. The van der Waals surface area contributed by atoms with Gasteiger partial charge in [0, 0.05) is 20.2 Å². The zero-order valence-corrected chi connectivity index (χ0v) is 9.81. The van der Waals surface area contributed by atoms with Gasteiger partial charge in [0.2, 0.25) is 5.91 Å². The Bertz CT molecular complexity index is 267. The number of piperidine rings is 1. The molecule has 1 heterocycles. The van der Waals surface area contributed by atoms with Crippen LogP contribution in [0.4, 0.5) is 0 Å². The maximum absolute atomic E-state index is 11.9. The molecule has 0 saturated carbocycles. The van der Waals surface area contributed by atoms with Crippen LogP contribution in [0.2, 0.25) is 0 Å². The summed E-state index contributed by atoms with van der Waals surface area (Å²) in [6.07, 6.45) is 1.43.